The van der Waals surface area contributed by atoms with Gasteiger partial charge in [-0.1, -0.05) is 6.92 Å². The van der Waals surface area contributed by atoms with Gasteiger partial charge in [0.1, 0.15) is 21.8 Å². The second kappa shape index (κ2) is 3.69. The Hall–Kier alpha value is -1.17. The van der Waals surface area contributed by atoms with Crippen LogP contribution in [-0.4, -0.2) is 31.2 Å². The van der Waals surface area contributed by atoms with Crippen LogP contribution in [0.2, 0.25) is 0 Å². The second-order valence-corrected chi connectivity index (χ2v) is 6.71. The Bertz CT molecular complexity index is 489. The SMILES string of the molecule is CC1(c2nc(C=O)co2)CCS(=O)(=O)CC1. The number of aromatic nitrogens is 1. The molecule has 1 aromatic heterocycles. The van der Waals surface area contributed by atoms with Gasteiger partial charge in [-0.2, -0.15) is 0 Å². The lowest BCUT2D eigenvalue weighted by atomic mass is 9.84. The smallest absolute Gasteiger partial charge is 0.200 e. The van der Waals surface area contributed by atoms with Gasteiger partial charge in [-0.05, 0) is 12.8 Å². The highest BCUT2D eigenvalue weighted by Crippen LogP contribution is 2.35. The first-order chi connectivity index (χ1) is 7.45. The van der Waals surface area contributed by atoms with Gasteiger partial charge in [-0.15, -0.1) is 0 Å². The van der Waals surface area contributed by atoms with Crippen molar-refractivity contribution < 1.29 is 17.6 Å². The molecule has 0 N–H and O–H groups in total. The molecular weight excluding hydrogens is 230 g/mol. The lowest BCUT2D eigenvalue weighted by Crippen LogP contribution is -2.34. The summed E-state index contributed by atoms with van der Waals surface area (Å²) >= 11 is 0. The number of aldehydes is 1. The Labute approximate surface area is 93.8 Å². The van der Waals surface area contributed by atoms with Crippen LogP contribution in [0.1, 0.15) is 36.1 Å². The van der Waals surface area contributed by atoms with Crippen molar-refractivity contribution in [3.05, 3.63) is 17.8 Å². The first kappa shape index (κ1) is 11.3. The maximum absolute atomic E-state index is 11.3. The van der Waals surface area contributed by atoms with E-state index >= 15 is 0 Å². The normalized spacial score (nSPS) is 22.8. The highest BCUT2D eigenvalue weighted by Gasteiger charge is 2.38. The predicted molar refractivity (Wildman–Crippen MR) is 57.1 cm³/mol. The number of hydrogen-bond acceptors (Lipinski definition) is 5. The van der Waals surface area contributed by atoms with E-state index in [9.17, 15) is 13.2 Å². The van der Waals surface area contributed by atoms with Crippen LogP contribution < -0.4 is 0 Å². The first-order valence-corrected chi connectivity index (χ1v) is 6.89. The quantitative estimate of drug-likeness (QED) is 0.723. The maximum Gasteiger partial charge on any atom is 0.200 e. The Morgan fingerprint density at radius 3 is 2.56 bits per heavy atom. The molecule has 88 valence electrons. The van der Waals surface area contributed by atoms with E-state index in [2.05, 4.69) is 4.98 Å². The van der Waals surface area contributed by atoms with Crippen molar-refractivity contribution >= 4 is 16.1 Å². The molecule has 0 atom stereocenters. The largest absolute Gasteiger partial charge is 0.448 e. The Morgan fingerprint density at radius 1 is 1.44 bits per heavy atom. The molecule has 2 heterocycles. The van der Waals surface area contributed by atoms with Crippen molar-refractivity contribution in [2.24, 2.45) is 0 Å². The summed E-state index contributed by atoms with van der Waals surface area (Å²) in [7, 11) is -2.90. The molecule has 6 heteroatoms. The van der Waals surface area contributed by atoms with Crippen molar-refractivity contribution in [3.8, 4) is 0 Å². The van der Waals surface area contributed by atoms with Gasteiger partial charge < -0.3 is 4.42 Å². The van der Waals surface area contributed by atoms with E-state index < -0.39 is 9.84 Å². The van der Waals surface area contributed by atoms with Gasteiger partial charge in [-0.3, -0.25) is 4.79 Å². The molecule has 1 aliphatic rings. The summed E-state index contributed by atoms with van der Waals surface area (Å²) < 4.78 is 27.9. The Morgan fingerprint density at radius 2 is 2.06 bits per heavy atom. The Balaban J connectivity index is 2.24. The number of rotatable bonds is 2. The summed E-state index contributed by atoms with van der Waals surface area (Å²) in [6.45, 7) is 1.92. The third-order valence-corrected chi connectivity index (χ3v) is 4.74. The second-order valence-electron chi connectivity index (χ2n) is 4.41. The fourth-order valence-electron chi connectivity index (χ4n) is 1.82. The molecule has 1 fully saturated rings. The fraction of sp³-hybridized carbons (Fsp3) is 0.600. The van der Waals surface area contributed by atoms with Crippen LogP contribution in [0.25, 0.3) is 0 Å². The third kappa shape index (κ3) is 2.02. The molecule has 0 amide bonds. The minimum atomic E-state index is -2.90. The lowest BCUT2D eigenvalue weighted by molar-refractivity contribution is 0.111. The first-order valence-electron chi connectivity index (χ1n) is 5.07. The van der Waals surface area contributed by atoms with Crippen molar-refractivity contribution in [3.63, 3.8) is 0 Å². The monoisotopic (exact) mass is 243 g/mol. The molecule has 0 bridgehead atoms. The number of oxazole rings is 1. The number of nitrogens with zero attached hydrogens (tertiary/aromatic N) is 1. The molecule has 1 saturated heterocycles. The average molecular weight is 243 g/mol. The summed E-state index contributed by atoms with van der Waals surface area (Å²) in [6.07, 6.45) is 2.91. The van der Waals surface area contributed by atoms with E-state index in [4.69, 9.17) is 4.42 Å². The van der Waals surface area contributed by atoms with Gasteiger partial charge in [0.05, 0.1) is 11.5 Å². The molecule has 0 aliphatic carbocycles. The van der Waals surface area contributed by atoms with Gasteiger partial charge in [0, 0.05) is 5.41 Å². The van der Waals surface area contributed by atoms with Gasteiger partial charge >= 0.3 is 0 Å². The molecule has 16 heavy (non-hydrogen) atoms. The van der Waals surface area contributed by atoms with E-state index in [0.717, 1.165) is 0 Å². The van der Waals surface area contributed by atoms with Crippen molar-refractivity contribution in [1.82, 2.24) is 4.98 Å². The third-order valence-electron chi connectivity index (χ3n) is 3.09. The van der Waals surface area contributed by atoms with E-state index in [-0.39, 0.29) is 22.6 Å². The van der Waals surface area contributed by atoms with Crippen LogP contribution in [0.5, 0.6) is 0 Å². The highest BCUT2D eigenvalue weighted by atomic mass is 32.2. The molecule has 0 saturated carbocycles. The zero-order valence-electron chi connectivity index (χ0n) is 8.97. The van der Waals surface area contributed by atoms with Crippen molar-refractivity contribution in [2.75, 3.05) is 11.5 Å². The maximum atomic E-state index is 11.3. The fourth-order valence-corrected chi connectivity index (χ4v) is 3.55. The van der Waals surface area contributed by atoms with Gasteiger partial charge in [0.2, 0.25) is 5.89 Å². The molecule has 0 aromatic carbocycles. The molecule has 0 radical (unpaired) electrons. The zero-order valence-corrected chi connectivity index (χ0v) is 9.79. The van der Waals surface area contributed by atoms with E-state index in [1.54, 1.807) is 0 Å². The van der Waals surface area contributed by atoms with Gasteiger partial charge in [-0.25, -0.2) is 13.4 Å². The van der Waals surface area contributed by atoms with Crippen LogP contribution in [0.4, 0.5) is 0 Å². The van der Waals surface area contributed by atoms with Gasteiger partial charge in [0.15, 0.2) is 6.29 Å². The number of carbonyl (C=O) groups excluding carboxylic acids is 1. The topological polar surface area (TPSA) is 77.2 Å². The van der Waals surface area contributed by atoms with Crippen LogP contribution in [0, 0.1) is 0 Å². The number of sulfone groups is 1. The van der Waals surface area contributed by atoms with E-state index in [1.807, 2.05) is 6.92 Å². The van der Waals surface area contributed by atoms with E-state index in [1.165, 1.54) is 6.26 Å². The Kier molecular flexibility index (Phi) is 2.61. The molecule has 1 aliphatic heterocycles. The van der Waals surface area contributed by atoms with Crippen LogP contribution in [0.3, 0.4) is 0 Å². The molecule has 1 aromatic rings. The summed E-state index contributed by atoms with van der Waals surface area (Å²) in [4.78, 5) is 14.5. The minimum Gasteiger partial charge on any atom is -0.448 e. The predicted octanol–water partition coefficient (Wildman–Crippen LogP) is 0.953. The lowest BCUT2D eigenvalue weighted by Gasteiger charge is -2.29. The van der Waals surface area contributed by atoms with Crippen LogP contribution >= 0.6 is 0 Å². The zero-order chi connectivity index (χ0) is 11.8. The van der Waals surface area contributed by atoms with Crippen molar-refractivity contribution in [2.45, 2.75) is 25.2 Å². The van der Waals surface area contributed by atoms with Gasteiger partial charge in [0.25, 0.3) is 0 Å². The van der Waals surface area contributed by atoms with Crippen LogP contribution in [-0.2, 0) is 15.3 Å². The summed E-state index contributed by atoms with van der Waals surface area (Å²) in [6, 6.07) is 0. The summed E-state index contributed by atoms with van der Waals surface area (Å²) in [5.41, 5.74) is -0.114. The average Bonchev–Trinajstić information content (AvgIpc) is 2.72. The van der Waals surface area contributed by atoms with Crippen molar-refractivity contribution in [1.29, 1.82) is 0 Å². The number of carbonyl (C=O) groups is 1. The minimum absolute atomic E-state index is 0.155. The number of hydrogen-bond donors (Lipinski definition) is 0. The summed E-state index contributed by atoms with van der Waals surface area (Å²) in [5.74, 6) is 0.773. The molecule has 0 unspecified atom stereocenters. The molecule has 2 rings (SSSR count). The summed E-state index contributed by atoms with van der Waals surface area (Å²) in [5, 5.41) is 0. The highest BCUT2D eigenvalue weighted by molar-refractivity contribution is 7.91. The standard InChI is InChI=1S/C10H13NO4S/c1-10(2-4-16(13,14)5-3-10)9-11-8(6-12)7-15-9/h6-7H,2-5H2,1H3. The van der Waals surface area contributed by atoms with Crippen LogP contribution in [0.15, 0.2) is 10.7 Å². The van der Waals surface area contributed by atoms with E-state index in [0.29, 0.717) is 25.0 Å². The molecular formula is C10H13NO4S. The molecule has 0 spiro atoms. The molecule has 5 nitrogen and oxygen atoms in total.